The van der Waals surface area contributed by atoms with E-state index in [0.29, 0.717) is 23.9 Å². The first-order valence-electron chi connectivity index (χ1n) is 7.72. The summed E-state index contributed by atoms with van der Waals surface area (Å²) in [5.74, 6) is 0.370. The summed E-state index contributed by atoms with van der Waals surface area (Å²) in [4.78, 5) is 23.0. The molecule has 0 saturated carbocycles. The smallest absolute Gasteiger partial charge is 0.293 e. The van der Waals surface area contributed by atoms with E-state index in [1.165, 1.54) is 0 Å². The van der Waals surface area contributed by atoms with Crippen LogP contribution in [0.2, 0.25) is 5.02 Å². The number of benzene rings is 1. The lowest BCUT2D eigenvalue weighted by atomic mass is 10.2. The van der Waals surface area contributed by atoms with Crippen LogP contribution in [0, 0.1) is 13.8 Å². The average molecular weight is 344 g/mol. The van der Waals surface area contributed by atoms with Gasteiger partial charge in [-0.2, -0.15) is 4.98 Å². The number of amides is 1. The molecular weight excluding hydrogens is 326 g/mol. The molecule has 0 saturated heterocycles. The molecule has 124 valence electrons. The Hall–Kier alpha value is -2.47. The van der Waals surface area contributed by atoms with Crippen molar-refractivity contribution in [1.82, 2.24) is 24.5 Å². The zero-order chi connectivity index (χ0) is 17.3. The molecule has 0 spiro atoms. The van der Waals surface area contributed by atoms with Crippen LogP contribution in [0.1, 0.15) is 34.5 Å². The molecule has 3 rings (SSSR count). The molecule has 0 aliphatic rings. The second kappa shape index (κ2) is 6.57. The number of hydrogen-bond acceptors (Lipinski definition) is 4. The van der Waals surface area contributed by atoms with E-state index < -0.39 is 0 Å². The molecule has 0 aliphatic carbocycles. The van der Waals surface area contributed by atoms with Gasteiger partial charge in [-0.05, 0) is 44.5 Å². The number of hydrogen-bond donors (Lipinski definition) is 0. The van der Waals surface area contributed by atoms with E-state index in [0.717, 1.165) is 17.0 Å². The lowest BCUT2D eigenvalue weighted by Crippen LogP contribution is -2.31. The van der Waals surface area contributed by atoms with Crippen LogP contribution in [0.15, 0.2) is 30.3 Å². The molecule has 0 fully saturated rings. The van der Waals surface area contributed by atoms with Crippen LogP contribution in [0.25, 0.3) is 5.78 Å². The Morgan fingerprint density at radius 2 is 2.04 bits per heavy atom. The number of carbonyl (C=O) groups is 1. The van der Waals surface area contributed by atoms with Crippen molar-refractivity contribution in [2.24, 2.45) is 0 Å². The van der Waals surface area contributed by atoms with E-state index in [-0.39, 0.29) is 11.7 Å². The molecule has 7 heteroatoms. The molecule has 24 heavy (non-hydrogen) atoms. The molecule has 0 radical (unpaired) electrons. The summed E-state index contributed by atoms with van der Waals surface area (Å²) >= 11 is 6.01. The summed E-state index contributed by atoms with van der Waals surface area (Å²) in [6.07, 6.45) is 0. The van der Waals surface area contributed by atoms with Crippen LogP contribution in [-0.4, -0.2) is 36.9 Å². The maximum Gasteiger partial charge on any atom is 0.293 e. The molecule has 6 nitrogen and oxygen atoms in total. The van der Waals surface area contributed by atoms with Gasteiger partial charge in [0.05, 0.1) is 0 Å². The van der Waals surface area contributed by atoms with Gasteiger partial charge in [-0.1, -0.05) is 23.7 Å². The second-order valence-corrected chi connectivity index (χ2v) is 6.07. The highest BCUT2D eigenvalue weighted by Gasteiger charge is 2.20. The molecule has 0 unspecified atom stereocenters. The second-order valence-electron chi connectivity index (χ2n) is 5.64. The summed E-state index contributed by atoms with van der Waals surface area (Å²) in [6, 6.07) is 9.37. The van der Waals surface area contributed by atoms with Crippen molar-refractivity contribution in [3.63, 3.8) is 0 Å². The van der Waals surface area contributed by atoms with E-state index in [1.807, 2.05) is 51.1 Å². The normalized spacial score (nSPS) is 11.0. The first-order chi connectivity index (χ1) is 11.5. The van der Waals surface area contributed by atoms with Crippen LogP contribution < -0.4 is 0 Å². The molecule has 0 N–H and O–H groups in total. The van der Waals surface area contributed by atoms with E-state index >= 15 is 0 Å². The third-order valence-electron chi connectivity index (χ3n) is 3.74. The lowest BCUT2D eigenvalue weighted by molar-refractivity contribution is 0.0740. The first-order valence-corrected chi connectivity index (χ1v) is 8.10. The van der Waals surface area contributed by atoms with Gasteiger partial charge in [0.2, 0.25) is 5.82 Å². The number of rotatable bonds is 4. The van der Waals surface area contributed by atoms with Crippen molar-refractivity contribution in [2.75, 3.05) is 6.54 Å². The highest BCUT2D eigenvalue weighted by atomic mass is 35.5. The van der Waals surface area contributed by atoms with Gasteiger partial charge in [0.1, 0.15) is 0 Å². The fourth-order valence-corrected chi connectivity index (χ4v) is 2.79. The van der Waals surface area contributed by atoms with Gasteiger partial charge in [0.15, 0.2) is 0 Å². The Labute approximate surface area is 145 Å². The summed E-state index contributed by atoms with van der Waals surface area (Å²) in [5.41, 5.74) is 2.70. The predicted octanol–water partition coefficient (Wildman–Crippen LogP) is 3.06. The van der Waals surface area contributed by atoms with E-state index in [9.17, 15) is 4.79 Å². The monoisotopic (exact) mass is 343 g/mol. The highest BCUT2D eigenvalue weighted by molar-refractivity contribution is 6.30. The number of halogens is 1. The van der Waals surface area contributed by atoms with Gasteiger partial charge in [-0.3, -0.25) is 4.79 Å². The standard InChI is InChI=1S/C17H18ClN5O/c1-4-22(10-13-6-5-7-14(18)9-13)16(24)15-20-17-19-11(2)8-12(3)23(17)21-15/h5-9H,4,10H2,1-3H3. The maximum atomic E-state index is 12.8. The minimum Gasteiger partial charge on any atom is -0.332 e. The first kappa shape index (κ1) is 16.4. The zero-order valence-electron chi connectivity index (χ0n) is 13.8. The predicted molar refractivity (Wildman–Crippen MR) is 92.1 cm³/mol. The molecule has 3 aromatic rings. The number of nitrogens with zero attached hydrogens (tertiary/aromatic N) is 5. The summed E-state index contributed by atoms with van der Waals surface area (Å²) in [7, 11) is 0. The van der Waals surface area contributed by atoms with Gasteiger partial charge in [0.25, 0.3) is 11.7 Å². The summed E-state index contributed by atoms with van der Waals surface area (Å²) in [5, 5.41) is 4.96. The number of aryl methyl sites for hydroxylation is 2. The molecule has 0 atom stereocenters. The van der Waals surface area contributed by atoms with Crippen LogP contribution >= 0.6 is 11.6 Å². The van der Waals surface area contributed by atoms with Crippen molar-refractivity contribution in [3.8, 4) is 0 Å². The van der Waals surface area contributed by atoms with E-state index in [4.69, 9.17) is 11.6 Å². The van der Waals surface area contributed by atoms with Crippen molar-refractivity contribution < 1.29 is 4.79 Å². The molecule has 1 amide bonds. The molecule has 2 heterocycles. The molecule has 1 aromatic carbocycles. The number of aromatic nitrogens is 4. The van der Waals surface area contributed by atoms with Crippen LogP contribution in [-0.2, 0) is 6.54 Å². The van der Waals surface area contributed by atoms with Gasteiger partial charge in [-0.25, -0.2) is 9.50 Å². The molecule has 0 aliphatic heterocycles. The van der Waals surface area contributed by atoms with Gasteiger partial charge in [0, 0.05) is 29.5 Å². The van der Waals surface area contributed by atoms with Crippen molar-refractivity contribution >= 4 is 23.3 Å². The van der Waals surface area contributed by atoms with Crippen LogP contribution in [0.3, 0.4) is 0 Å². The highest BCUT2D eigenvalue weighted by Crippen LogP contribution is 2.14. The van der Waals surface area contributed by atoms with Crippen molar-refractivity contribution in [2.45, 2.75) is 27.3 Å². The van der Waals surface area contributed by atoms with Gasteiger partial charge in [-0.15, -0.1) is 5.10 Å². The van der Waals surface area contributed by atoms with Gasteiger partial charge < -0.3 is 4.90 Å². The summed E-state index contributed by atoms with van der Waals surface area (Å²) < 4.78 is 1.59. The van der Waals surface area contributed by atoms with Crippen molar-refractivity contribution in [1.29, 1.82) is 0 Å². The SMILES string of the molecule is CCN(Cc1cccc(Cl)c1)C(=O)c1nc2nc(C)cc(C)n2n1. The Morgan fingerprint density at radius 3 is 2.75 bits per heavy atom. The van der Waals surface area contributed by atoms with E-state index in [1.54, 1.807) is 9.42 Å². The lowest BCUT2D eigenvalue weighted by Gasteiger charge is -2.19. The number of carbonyl (C=O) groups excluding carboxylic acids is 1. The average Bonchev–Trinajstić information content (AvgIpc) is 2.96. The van der Waals surface area contributed by atoms with Crippen LogP contribution in [0.5, 0.6) is 0 Å². The Balaban J connectivity index is 1.90. The molecule has 0 bridgehead atoms. The fourth-order valence-electron chi connectivity index (χ4n) is 2.58. The Kier molecular flexibility index (Phi) is 4.49. The third kappa shape index (κ3) is 3.23. The molecular formula is C17H18ClN5O. The third-order valence-corrected chi connectivity index (χ3v) is 3.98. The maximum absolute atomic E-state index is 12.8. The Morgan fingerprint density at radius 1 is 1.25 bits per heavy atom. The van der Waals surface area contributed by atoms with E-state index in [2.05, 4.69) is 15.1 Å². The van der Waals surface area contributed by atoms with Crippen LogP contribution in [0.4, 0.5) is 0 Å². The zero-order valence-corrected chi connectivity index (χ0v) is 14.6. The fraction of sp³-hybridized carbons (Fsp3) is 0.294. The molecule has 2 aromatic heterocycles. The number of fused-ring (bicyclic) bond motifs is 1. The minimum atomic E-state index is -0.222. The largest absolute Gasteiger partial charge is 0.332 e. The van der Waals surface area contributed by atoms with Gasteiger partial charge >= 0.3 is 0 Å². The Bertz CT molecular complexity index is 905. The van der Waals surface area contributed by atoms with Crippen molar-refractivity contribution in [3.05, 3.63) is 58.1 Å². The summed E-state index contributed by atoms with van der Waals surface area (Å²) in [6.45, 7) is 6.73. The minimum absolute atomic E-state index is 0.153. The quantitative estimate of drug-likeness (QED) is 0.730. The topological polar surface area (TPSA) is 63.4 Å².